The van der Waals surface area contributed by atoms with Crippen molar-refractivity contribution >= 4 is 33.8 Å². The van der Waals surface area contributed by atoms with Gasteiger partial charge in [-0.25, -0.2) is 9.59 Å². The van der Waals surface area contributed by atoms with Crippen LogP contribution in [0.4, 0.5) is 0 Å². The van der Waals surface area contributed by atoms with Crippen molar-refractivity contribution in [2.24, 2.45) is 0 Å². The Morgan fingerprint density at radius 3 is 2.16 bits per heavy atom. The Kier molecular flexibility index (Phi) is 6.59. The molecule has 5 aromatic rings. The van der Waals surface area contributed by atoms with E-state index in [9.17, 15) is 19.5 Å². The summed E-state index contributed by atoms with van der Waals surface area (Å²) in [5.41, 5.74) is 4.68. The molecule has 0 aliphatic heterocycles. The number of carboxylic acids is 1. The molecule has 0 fully saturated rings. The zero-order valence-electron chi connectivity index (χ0n) is 21.3. The Hall–Kier alpha value is -4.65. The lowest BCUT2D eigenvalue weighted by atomic mass is 9.96. The Labute approximate surface area is 218 Å². The Morgan fingerprint density at radius 1 is 0.868 bits per heavy atom. The summed E-state index contributed by atoms with van der Waals surface area (Å²) in [5.74, 6) is -0.960. The maximum absolute atomic E-state index is 13.0. The fourth-order valence-corrected chi connectivity index (χ4v) is 5.00. The van der Waals surface area contributed by atoms with E-state index in [1.165, 1.54) is 0 Å². The first-order valence-corrected chi connectivity index (χ1v) is 12.3. The third-order valence-electron chi connectivity index (χ3n) is 6.95. The van der Waals surface area contributed by atoms with E-state index in [1.807, 2.05) is 68.4 Å². The molecule has 0 aliphatic carbocycles. The lowest BCUT2D eigenvalue weighted by Crippen LogP contribution is -2.43. The standard InChI is InChI=1S/C31H27NO6/c1-17-22-15-24-27(21-12-8-5-9-13-21)19(3)37-29(24)18(2)28(22)38-31(36)23(17)16-26(33)32-25(30(34)35)14-20-10-6-4-7-11-20/h4-13,15,25H,14,16H2,1-3H3,(H,32,33)(H,34,35)/t25-/m0/s1. The molecule has 0 bridgehead atoms. The van der Waals surface area contributed by atoms with Gasteiger partial charge in [0.25, 0.3) is 0 Å². The molecule has 38 heavy (non-hydrogen) atoms. The molecule has 3 aromatic carbocycles. The lowest BCUT2D eigenvalue weighted by Gasteiger charge is -2.15. The molecular weight excluding hydrogens is 482 g/mol. The molecule has 192 valence electrons. The molecule has 5 rings (SSSR count). The van der Waals surface area contributed by atoms with Gasteiger partial charge in [-0.15, -0.1) is 0 Å². The minimum atomic E-state index is -1.15. The zero-order chi connectivity index (χ0) is 27.0. The third-order valence-corrected chi connectivity index (χ3v) is 6.95. The Morgan fingerprint density at radius 2 is 1.50 bits per heavy atom. The fraction of sp³-hybridized carbons (Fsp3) is 0.194. The van der Waals surface area contributed by atoms with Crippen LogP contribution in [0.2, 0.25) is 0 Å². The van der Waals surface area contributed by atoms with Crippen LogP contribution in [0.25, 0.3) is 33.1 Å². The first-order chi connectivity index (χ1) is 18.2. The van der Waals surface area contributed by atoms with E-state index in [2.05, 4.69) is 5.32 Å². The summed E-state index contributed by atoms with van der Waals surface area (Å²) in [5, 5.41) is 13.8. The molecule has 7 nitrogen and oxygen atoms in total. The van der Waals surface area contributed by atoms with Gasteiger partial charge in [-0.05, 0) is 43.5 Å². The van der Waals surface area contributed by atoms with Crippen LogP contribution >= 0.6 is 0 Å². The highest BCUT2D eigenvalue weighted by Gasteiger charge is 2.24. The molecule has 2 heterocycles. The topological polar surface area (TPSA) is 110 Å². The van der Waals surface area contributed by atoms with Crippen LogP contribution in [0, 0.1) is 20.8 Å². The maximum Gasteiger partial charge on any atom is 0.340 e. The smallest absolute Gasteiger partial charge is 0.340 e. The highest BCUT2D eigenvalue weighted by Crippen LogP contribution is 2.39. The minimum Gasteiger partial charge on any atom is -0.480 e. The van der Waals surface area contributed by atoms with Crippen LogP contribution in [-0.4, -0.2) is 23.0 Å². The summed E-state index contributed by atoms with van der Waals surface area (Å²) in [6.45, 7) is 5.53. The van der Waals surface area contributed by atoms with Crippen molar-refractivity contribution in [3.63, 3.8) is 0 Å². The van der Waals surface area contributed by atoms with E-state index in [1.54, 1.807) is 19.1 Å². The number of fused-ring (bicyclic) bond motifs is 2. The molecule has 0 aliphatic rings. The van der Waals surface area contributed by atoms with Crippen LogP contribution in [0.5, 0.6) is 0 Å². The molecule has 0 unspecified atom stereocenters. The SMILES string of the molecule is Cc1oc2c(C)c3oc(=O)c(CC(=O)N[C@@H](Cc4ccccc4)C(=O)O)c(C)c3cc2c1-c1ccccc1. The van der Waals surface area contributed by atoms with E-state index in [0.717, 1.165) is 27.8 Å². The van der Waals surface area contributed by atoms with Crippen molar-refractivity contribution in [1.82, 2.24) is 5.32 Å². The molecule has 7 heteroatoms. The van der Waals surface area contributed by atoms with Gasteiger partial charge in [0.15, 0.2) is 0 Å². The van der Waals surface area contributed by atoms with Gasteiger partial charge in [0.2, 0.25) is 5.91 Å². The van der Waals surface area contributed by atoms with E-state index in [-0.39, 0.29) is 18.4 Å². The van der Waals surface area contributed by atoms with Gasteiger partial charge < -0.3 is 19.3 Å². The maximum atomic E-state index is 13.0. The van der Waals surface area contributed by atoms with Gasteiger partial charge in [0, 0.05) is 28.3 Å². The number of furan rings is 1. The number of carboxylic acid groups (broad SMARTS) is 1. The molecule has 0 saturated carbocycles. The summed E-state index contributed by atoms with van der Waals surface area (Å²) in [6.07, 6.45) is -0.164. The molecule has 0 radical (unpaired) electrons. The van der Waals surface area contributed by atoms with E-state index < -0.39 is 23.5 Å². The second-order valence-electron chi connectivity index (χ2n) is 9.47. The highest BCUT2D eigenvalue weighted by atomic mass is 16.4. The second kappa shape index (κ2) is 10.0. The summed E-state index contributed by atoms with van der Waals surface area (Å²) < 4.78 is 11.8. The normalized spacial score (nSPS) is 12.1. The first-order valence-electron chi connectivity index (χ1n) is 12.3. The molecule has 0 saturated heterocycles. The molecule has 0 spiro atoms. The van der Waals surface area contributed by atoms with Crippen LogP contribution in [0.15, 0.2) is 80.4 Å². The number of nitrogens with one attached hydrogen (secondary N) is 1. The van der Waals surface area contributed by atoms with E-state index in [4.69, 9.17) is 8.83 Å². The third kappa shape index (κ3) is 4.59. The van der Waals surface area contributed by atoms with E-state index >= 15 is 0 Å². The Balaban J connectivity index is 1.53. The summed E-state index contributed by atoms with van der Waals surface area (Å²) >= 11 is 0. The number of hydrogen-bond donors (Lipinski definition) is 2. The van der Waals surface area contributed by atoms with Gasteiger partial charge in [-0.1, -0.05) is 60.7 Å². The number of amides is 1. The summed E-state index contributed by atoms with van der Waals surface area (Å²) in [6, 6.07) is 19.8. The average molecular weight is 510 g/mol. The van der Waals surface area contributed by atoms with Gasteiger partial charge in [0.1, 0.15) is 23.0 Å². The number of aryl methyl sites for hydroxylation is 3. The average Bonchev–Trinajstić information content (AvgIpc) is 3.24. The second-order valence-corrected chi connectivity index (χ2v) is 9.47. The number of benzene rings is 3. The predicted molar refractivity (Wildman–Crippen MR) is 145 cm³/mol. The zero-order valence-corrected chi connectivity index (χ0v) is 21.3. The molecular formula is C31H27NO6. The van der Waals surface area contributed by atoms with Crippen molar-refractivity contribution in [3.8, 4) is 11.1 Å². The number of aliphatic carboxylic acids is 1. The number of rotatable bonds is 7. The highest BCUT2D eigenvalue weighted by molar-refractivity contribution is 6.06. The number of carbonyl (C=O) groups is 2. The fourth-order valence-electron chi connectivity index (χ4n) is 5.00. The van der Waals surface area contributed by atoms with Gasteiger partial charge >= 0.3 is 11.6 Å². The van der Waals surface area contributed by atoms with Crippen molar-refractivity contribution in [1.29, 1.82) is 0 Å². The lowest BCUT2D eigenvalue weighted by molar-refractivity contribution is -0.141. The minimum absolute atomic E-state index is 0.131. The number of hydrogen-bond acceptors (Lipinski definition) is 5. The molecule has 1 atom stereocenters. The largest absolute Gasteiger partial charge is 0.480 e. The summed E-state index contributed by atoms with van der Waals surface area (Å²) in [4.78, 5) is 37.7. The van der Waals surface area contributed by atoms with Crippen LogP contribution < -0.4 is 10.9 Å². The van der Waals surface area contributed by atoms with Crippen molar-refractivity contribution in [2.75, 3.05) is 0 Å². The first kappa shape index (κ1) is 25.0. The van der Waals surface area contributed by atoms with Crippen molar-refractivity contribution < 1.29 is 23.5 Å². The Bertz CT molecular complexity index is 1730. The number of carbonyl (C=O) groups excluding carboxylic acids is 1. The van der Waals surface area contributed by atoms with Gasteiger partial charge in [0.05, 0.1) is 12.0 Å². The van der Waals surface area contributed by atoms with Gasteiger partial charge in [-0.3, -0.25) is 4.79 Å². The molecule has 2 N–H and O–H groups in total. The van der Waals surface area contributed by atoms with Crippen molar-refractivity contribution in [2.45, 2.75) is 39.7 Å². The van der Waals surface area contributed by atoms with E-state index in [0.29, 0.717) is 27.7 Å². The quantitative estimate of drug-likeness (QED) is 0.281. The molecule has 1 amide bonds. The van der Waals surface area contributed by atoms with Crippen LogP contribution in [-0.2, 0) is 22.4 Å². The summed E-state index contributed by atoms with van der Waals surface area (Å²) in [7, 11) is 0. The molecule has 2 aromatic heterocycles. The van der Waals surface area contributed by atoms with Crippen LogP contribution in [0.1, 0.15) is 28.0 Å². The monoisotopic (exact) mass is 509 g/mol. The van der Waals surface area contributed by atoms with Crippen LogP contribution in [0.3, 0.4) is 0 Å². The van der Waals surface area contributed by atoms with Crippen molar-refractivity contribution in [3.05, 3.63) is 105 Å². The van der Waals surface area contributed by atoms with Gasteiger partial charge in [-0.2, -0.15) is 0 Å². The predicted octanol–water partition coefficient (Wildman–Crippen LogP) is 5.49.